The number of fused-ring (bicyclic) bond motifs is 1. The van der Waals surface area contributed by atoms with Crippen molar-refractivity contribution in [1.29, 1.82) is 0 Å². The lowest BCUT2D eigenvalue weighted by atomic mass is 10.1. The van der Waals surface area contributed by atoms with Gasteiger partial charge in [0.05, 0.1) is 6.04 Å². The summed E-state index contributed by atoms with van der Waals surface area (Å²) < 4.78 is 19.1. The molecule has 2 N–H and O–H groups in total. The molecule has 29 heavy (non-hydrogen) atoms. The van der Waals surface area contributed by atoms with E-state index in [1.165, 1.54) is 18.2 Å². The van der Waals surface area contributed by atoms with E-state index in [4.69, 9.17) is 4.42 Å². The van der Waals surface area contributed by atoms with E-state index in [0.29, 0.717) is 37.7 Å². The van der Waals surface area contributed by atoms with Crippen molar-refractivity contribution < 1.29 is 18.4 Å². The van der Waals surface area contributed by atoms with Crippen LogP contribution in [-0.4, -0.2) is 58.1 Å². The van der Waals surface area contributed by atoms with Gasteiger partial charge in [0.1, 0.15) is 5.82 Å². The Balaban J connectivity index is 1.43. The van der Waals surface area contributed by atoms with E-state index in [2.05, 4.69) is 25.7 Å². The zero-order valence-corrected chi connectivity index (χ0v) is 16.4. The first kappa shape index (κ1) is 19.5. The highest BCUT2D eigenvalue weighted by molar-refractivity contribution is 5.94. The number of aromatic nitrogens is 2. The second-order valence-corrected chi connectivity index (χ2v) is 7.92. The summed E-state index contributed by atoms with van der Waals surface area (Å²) in [5.41, 5.74) is 0.267. The molecule has 2 aliphatic heterocycles. The van der Waals surface area contributed by atoms with E-state index < -0.39 is 5.82 Å². The maximum Gasteiger partial charge on any atom is 0.251 e. The predicted molar refractivity (Wildman–Crippen MR) is 102 cm³/mol. The summed E-state index contributed by atoms with van der Waals surface area (Å²) in [5.74, 6) is 0.450. The number of amides is 2. The van der Waals surface area contributed by atoms with Crippen molar-refractivity contribution >= 4 is 11.8 Å². The van der Waals surface area contributed by atoms with Gasteiger partial charge in [0.2, 0.25) is 17.7 Å². The van der Waals surface area contributed by atoms with Gasteiger partial charge in [-0.3, -0.25) is 14.5 Å². The maximum atomic E-state index is 13.4. The Morgan fingerprint density at radius 1 is 1.41 bits per heavy atom. The first-order valence-corrected chi connectivity index (χ1v) is 9.83. The van der Waals surface area contributed by atoms with Gasteiger partial charge in [0.25, 0.3) is 5.91 Å². The Labute approximate surface area is 167 Å². The number of carbonyl (C=O) groups is 2. The summed E-state index contributed by atoms with van der Waals surface area (Å²) in [6.07, 6.45) is 1.03. The van der Waals surface area contributed by atoms with Crippen molar-refractivity contribution in [3.63, 3.8) is 0 Å². The highest BCUT2D eigenvalue weighted by Gasteiger charge is 2.44. The summed E-state index contributed by atoms with van der Waals surface area (Å²) >= 11 is 0. The average molecular weight is 401 g/mol. The fourth-order valence-corrected chi connectivity index (χ4v) is 3.95. The minimum absolute atomic E-state index is 0.00855. The summed E-state index contributed by atoms with van der Waals surface area (Å²) in [6.45, 7) is 5.00. The summed E-state index contributed by atoms with van der Waals surface area (Å²) in [4.78, 5) is 26.9. The second-order valence-electron chi connectivity index (χ2n) is 7.92. The van der Waals surface area contributed by atoms with E-state index >= 15 is 0 Å². The van der Waals surface area contributed by atoms with E-state index in [-0.39, 0.29) is 41.4 Å². The molecule has 0 saturated carbocycles. The molecular weight excluding hydrogens is 377 g/mol. The van der Waals surface area contributed by atoms with Crippen LogP contribution in [0.1, 0.15) is 48.3 Å². The normalized spacial score (nSPS) is 24.4. The number of nitrogens with one attached hydrogen (secondary N) is 2. The summed E-state index contributed by atoms with van der Waals surface area (Å²) in [5, 5.41) is 14.0. The number of carbonyl (C=O) groups excluding carboxylic acids is 2. The number of nitrogens with zero attached hydrogens (tertiary/aromatic N) is 3. The lowest BCUT2D eigenvalue weighted by Gasteiger charge is -2.36. The minimum Gasteiger partial charge on any atom is -0.425 e. The zero-order chi connectivity index (χ0) is 20.5. The van der Waals surface area contributed by atoms with Gasteiger partial charge >= 0.3 is 0 Å². The molecule has 2 fully saturated rings. The maximum absolute atomic E-state index is 13.4. The van der Waals surface area contributed by atoms with Gasteiger partial charge in [-0.05, 0) is 24.6 Å². The molecule has 0 radical (unpaired) electrons. The van der Waals surface area contributed by atoms with Crippen molar-refractivity contribution in [3.05, 3.63) is 47.4 Å². The van der Waals surface area contributed by atoms with Crippen LogP contribution in [0.15, 0.2) is 28.7 Å². The van der Waals surface area contributed by atoms with Crippen molar-refractivity contribution in [2.45, 2.75) is 50.7 Å². The van der Waals surface area contributed by atoms with Gasteiger partial charge in [0, 0.05) is 43.1 Å². The minimum atomic E-state index is -0.457. The molecule has 3 heterocycles. The third-order valence-electron chi connectivity index (χ3n) is 5.43. The van der Waals surface area contributed by atoms with Crippen molar-refractivity contribution in [1.82, 2.24) is 25.7 Å². The molecule has 0 unspecified atom stereocenters. The number of hydrogen-bond acceptors (Lipinski definition) is 6. The topological polar surface area (TPSA) is 100 Å². The number of halogens is 1. The van der Waals surface area contributed by atoms with Gasteiger partial charge in [0.15, 0.2) is 0 Å². The quantitative estimate of drug-likeness (QED) is 0.782. The van der Waals surface area contributed by atoms with Gasteiger partial charge in [-0.25, -0.2) is 4.39 Å². The van der Waals surface area contributed by atoms with Gasteiger partial charge < -0.3 is 15.1 Å². The van der Waals surface area contributed by atoms with Crippen molar-refractivity contribution in [2.75, 3.05) is 13.1 Å². The highest BCUT2D eigenvalue weighted by atomic mass is 19.1. The van der Waals surface area contributed by atoms with Crippen LogP contribution in [-0.2, 0) is 11.2 Å². The number of hydrogen-bond donors (Lipinski definition) is 2. The lowest BCUT2D eigenvalue weighted by Crippen LogP contribution is -2.58. The first-order chi connectivity index (χ1) is 13.9. The number of rotatable bonds is 5. The average Bonchev–Trinajstić information content (AvgIpc) is 3.32. The molecule has 1 aromatic heterocycles. The molecule has 0 bridgehead atoms. The number of piperazine rings is 1. The molecule has 4 rings (SSSR count). The molecule has 2 saturated heterocycles. The van der Waals surface area contributed by atoms with E-state index in [9.17, 15) is 14.0 Å². The molecule has 8 nitrogen and oxygen atoms in total. The van der Waals surface area contributed by atoms with Crippen molar-refractivity contribution in [3.8, 4) is 0 Å². The van der Waals surface area contributed by atoms with Crippen molar-refractivity contribution in [2.24, 2.45) is 0 Å². The molecule has 2 aliphatic rings. The van der Waals surface area contributed by atoms with Crippen LogP contribution < -0.4 is 10.6 Å². The Kier molecular flexibility index (Phi) is 5.31. The molecular formula is C20H24FN5O3. The summed E-state index contributed by atoms with van der Waals surface area (Å²) in [6, 6.07) is 5.06. The molecule has 9 heteroatoms. The Morgan fingerprint density at radius 2 is 2.24 bits per heavy atom. The lowest BCUT2D eigenvalue weighted by molar-refractivity contribution is -0.129. The molecule has 1 aromatic carbocycles. The van der Waals surface area contributed by atoms with Crippen LogP contribution in [0.25, 0.3) is 0 Å². The predicted octanol–water partition coefficient (Wildman–Crippen LogP) is 1.25. The molecule has 0 aliphatic carbocycles. The second kappa shape index (κ2) is 7.90. The smallest absolute Gasteiger partial charge is 0.251 e. The standard InChI is InChI=1S/C20H24FN5O3/c1-11(2)20-25-24-17(29-20)8-15-9-22-19(28)16-7-14(10-26(15)16)23-18(27)12-4-3-5-13(21)6-12/h3-6,11,14-16H,7-10H2,1-2H3,(H,22,28)(H,23,27)/t14-,15+,16-/m0/s1. The van der Waals surface area contributed by atoms with Crippen LogP contribution in [0.5, 0.6) is 0 Å². The fourth-order valence-electron chi connectivity index (χ4n) is 3.95. The SMILES string of the molecule is CC(C)c1nnc(C[C@@H]2CNC(=O)[C@@H]3C[C@H](NC(=O)c4cccc(F)c4)CN23)o1. The third-order valence-corrected chi connectivity index (χ3v) is 5.43. The van der Waals surface area contributed by atoms with E-state index in [0.717, 1.165) is 0 Å². The van der Waals surface area contributed by atoms with Gasteiger partial charge in [-0.1, -0.05) is 19.9 Å². The molecule has 2 aromatic rings. The fraction of sp³-hybridized carbons (Fsp3) is 0.500. The first-order valence-electron chi connectivity index (χ1n) is 9.83. The van der Waals surface area contributed by atoms with Crippen LogP contribution in [0.4, 0.5) is 4.39 Å². The monoisotopic (exact) mass is 401 g/mol. The van der Waals surface area contributed by atoms with E-state index in [1.54, 1.807) is 6.07 Å². The van der Waals surface area contributed by atoms with Crippen LogP contribution in [0, 0.1) is 5.82 Å². The zero-order valence-electron chi connectivity index (χ0n) is 16.4. The van der Waals surface area contributed by atoms with E-state index in [1.807, 2.05) is 13.8 Å². The summed E-state index contributed by atoms with van der Waals surface area (Å²) in [7, 11) is 0. The van der Waals surface area contributed by atoms with Crippen LogP contribution >= 0.6 is 0 Å². The third kappa shape index (κ3) is 4.14. The number of benzene rings is 1. The van der Waals surface area contributed by atoms with Gasteiger partial charge in [-0.15, -0.1) is 10.2 Å². The Bertz CT molecular complexity index is 915. The molecule has 2 amide bonds. The Hall–Kier alpha value is -2.81. The van der Waals surface area contributed by atoms with Crippen LogP contribution in [0.3, 0.4) is 0 Å². The largest absolute Gasteiger partial charge is 0.425 e. The molecule has 0 spiro atoms. The molecule has 3 atom stereocenters. The highest BCUT2D eigenvalue weighted by Crippen LogP contribution is 2.26. The van der Waals surface area contributed by atoms with Crippen LogP contribution in [0.2, 0.25) is 0 Å². The molecule has 154 valence electrons. The Morgan fingerprint density at radius 3 is 2.97 bits per heavy atom. The van der Waals surface area contributed by atoms with Gasteiger partial charge in [-0.2, -0.15) is 0 Å².